The van der Waals surface area contributed by atoms with Crippen molar-refractivity contribution in [2.75, 3.05) is 6.61 Å². The molecule has 0 aliphatic carbocycles. The third-order valence-electron chi connectivity index (χ3n) is 4.33. The lowest BCUT2D eigenvalue weighted by molar-refractivity contribution is -0.123. The minimum atomic E-state index is -0.321. The van der Waals surface area contributed by atoms with Gasteiger partial charge in [0.25, 0.3) is 5.91 Å². The Morgan fingerprint density at radius 3 is 2.55 bits per heavy atom. The summed E-state index contributed by atoms with van der Waals surface area (Å²) in [6.45, 7) is 7.04. The van der Waals surface area contributed by atoms with Gasteiger partial charge in [-0.3, -0.25) is 9.48 Å². The molecule has 3 aromatic rings. The van der Waals surface area contributed by atoms with Gasteiger partial charge in [0.05, 0.1) is 19.0 Å². The Bertz CT molecular complexity index is 955. The third-order valence-corrected chi connectivity index (χ3v) is 4.33. The number of hydrogen-bond acceptors (Lipinski definition) is 4. The van der Waals surface area contributed by atoms with Gasteiger partial charge in [-0.25, -0.2) is 5.43 Å². The van der Waals surface area contributed by atoms with Crippen LogP contribution in [0.25, 0.3) is 0 Å². The van der Waals surface area contributed by atoms with Crippen LogP contribution in [0, 0.1) is 0 Å². The largest absolute Gasteiger partial charge is 0.484 e. The summed E-state index contributed by atoms with van der Waals surface area (Å²) in [4.78, 5) is 11.9. The maximum Gasteiger partial charge on any atom is 0.277 e. The third kappa shape index (κ3) is 6.31. The second-order valence-corrected chi connectivity index (χ2v) is 7.81. The maximum atomic E-state index is 11.9. The Hall–Kier alpha value is -3.41. The summed E-state index contributed by atoms with van der Waals surface area (Å²) in [5, 5.41) is 8.26. The first-order chi connectivity index (χ1) is 13.9. The lowest BCUT2D eigenvalue weighted by Crippen LogP contribution is -2.24. The Morgan fingerprint density at radius 2 is 1.86 bits per heavy atom. The van der Waals surface area contributed by atoms with Crippen molar-refractivity contribution in [3.63, 3.8) is 0 Å². The number of hydrazone groups is 1. The molecule has 0 unspecified atom stereocenters. The van der Waals surface area contributed by atoms with Crippen LogP contribution in [0.2, 0.25) is 0 Å². The molecule has 0 saturated carbocycles. The molecule has 0 aliphatic rings. The summed E-state index contributed by atoms with van der Waals surface area (Å²) >= 11 is 0. The van der Waals surface area contributed by atoms with Crippen LogP contribution in [-0.2, 0) is 16.8 Å². The van der Waals surface area contributed by atoms with E-state index in [1.807, 2.05) is 65.5 Å². The van der Waals surface area contributed by atoms with E-state index in [4.69, 9.17) is 4.74 Å². The molecule has 3 rings (SSSR count). The Balaban J connectivity index is 1.44. The zero-order valence-electron chi connectivity index (χ0n) is 17.0. The van der Waals surface area contributed by atoms with Gasteiger partial charge in [-0.15, -0.1) is 0 Å². The Morgan fingerprint density at radius 1 is 1.14 bits per heavy atom. The number of carbonyl (C=O) groups excluding carboxylic acids is 1. The molecule has 0 bridgehead atoms. The molecule has 1 aromatic heterocycles. The topological polar surface area (TPSA) is 68.5 Å². The number of ether oxygens (including phenoxy) is 1. The van der Waals surface area contributed by atoms with Gasteiger partial charge in [0.1, 0.15) is 5.75 Å². The molecule has 6 heteroatoms. The zero-order valence-corrected chi connectivity index (χ0v) is 17.0. The fourth-order valence-electron chi connectivity index (χ4n) is 2.71. The predicted molar refractivity (Wildman–Crippen MR) is 114 cm³/mol. The molecule has 0 spiro atoms. The summed E-state index contributed by atoms with van der Waals surface area (Å²) < 4.78 is 7.33. The highest BCUT2D eigenvalue weighted by Crippen LogP contribution is 2.24. The standard InChI is InChI=1S/C23H26N4O2/c1-23(2,3)20-9-11-21(12-10-20)29-17-22(28)26-24-13-19-14-25-27(16-19)15-18-7-5-4-6-8-18/h4-14,16H,15,17H2,1-3H3,(H,26,28)/b24-13-. The van der Waals surface area contributed by atoms with Crippen LogP contribution >= 0.6 is 0 Å². The van der Waals surface area contributed by atoms with Gasteiger partial charge in [0.15, 0.2) is 6.61 Å². The fraction of sp³-hybridized carbons (Fsp3) is 0.261. The number of amides is 1. The predicted octanol–water partition coefficient (Wildman–Crippen LogP) is 3.76. The SMILES string of the molecule is CC(C)(C)c1ccc(OCC(=O)N/N=C\c2cnn(Cc3ccccc3)c2)cc1. The van der Waals surface area contributed by atoms with E-state index in [9.17, 15) is 4.79 Å². The average Bonchev–Trinajstić information content (AvgIpc) is 3.14. The van der Waals surface area contributed by atoms with E-state index in [0.717, 1.165) is 5.56 Å². The summed E-state index contributed by atoms with van der Waals surface area (Å²) in [6.07, 6.45) is 5.13. The van der Waals surface area contributed by atoms with Crippen molar-refractivity contribution in [3.8, 4) is 5.75 Å². The van der Waals surface area contributed by atoms with Crippen LogP contribution in [0.15, 0.2) is 72.1 Å². The Labute approximate surface area is 171 Å². The quantitative estimate of drug-likeness (QED) is 0.493. The van der Waals surface area contributed by atoms with E-state index < -0.39 is 0 Å². The van der Waals surface area contributed by atoms with Crippen LogP contribution in [0.1, 0.15) is 37.5 Å². The van der Waals surface area contributed by atoms with Gasteiger partial charge in [0, 0.05) is 11.8 Å². The van der Waals surface area contributed by atoms with Crippen molar-refractivity contribution in [3.05, 3.63) is 83.7 Å². The number of benzene rings is 2. The van der Waals surface area contributed by atoms with E-state index in [-0.39, 0.29) is 17.9 Å². The molecule has 1 N–H and O–H groups in total. The van der Waals surface area contributed by atoms with Crippen molar-refractivity contribution in [2.45, 2.75) is 32.7 Å². The molecule has 2 aromatic carbocycles. The normalized spacial score (nSPS) is 11.6. The highest BCUT2D eigenvalue weighted by atomic mass is 16.5. The maximum absolute atomic E-state index is 11.9. The van der Waals surface area contributed by atoms with E-state index in [0.29, 0.717) is 12.3 Å². The first-order valence-electron chi connectivity index (χ1n) is 9.52. The average molecular weight is 390 g/mol. The number of rotatable bonds is 7. The molecule has 0 radical (unpaired) electrons. The first-order valence-corrected chi connectivity index (χ1v) is 9.52. The summed E-state index contributed by atoms with van der Waals surface area (Å²) in [7, 11) is 0. The van der Waals surface area contributed by atoms with E-state index in [1.165, 1.54) is 11.1 Å². The van der Waals surface area contributed by atoms with Crippen LogP contribution in [0.4, 0.5) is 0 Å². The van der Waals surface area contributed by atoms with Crippen molar-refractivity contribution >= 4 is 12.1 Å². The summed E-state index contributed by atoms with van der Waals surface area (Å²) in [6, 6.07) is 17.8. The highest BCUT2D eigenvalue weighted by molar-refractivity contribution is 5.82. The van der Waals surface area contributed by atoms with Gasteiger partial charge in [-0.2, -0.15) is 10.2 Å². The van der Waals surface area contributed by atoms with Crippen LogP contribution in [-0.4, -0.2) is 28.5 Å². The minimum absolute atomic E-state index is 0.0829. The van der Waals surface area contributed by atoms with Crippen molar-refractivity contribution in [2.24, 2.45) is 5.10 Å². The van der Waals surface area contributed by atoms with Crippen LogP contribution in [0.3, 0.4) is 0 Å². The molecule has 1 amide bonds. The molecule has 1 heterocycles. The van der Waals surface area contributed by atoms with E-state index in [2.05, 4.69) is 36.4 Å². The highest BCUT2D eigenvalue weighted by Gasteiger charge is 2.13. The second-order valence-electron chi connectivity index (χ2n) is 7.81. The molecular formula is C23H26N4O2. The van der Waals surface area contributed by atoms with E-state index >= 15 is 0 Å². The molecule has 0 atom stereocenters. The number of nitrogens with one attached hydrogen (secondary N) is 1. The van der Waals surface area contributed by atoms with E-state index in [1.54, 1.807) is 12.4 Å². The lowest BCUT2D eigenvalue weighted by Gasteiger charge is -2.19. The van der Waals surface area contributed by atoms with Crippen molar-refractivity contribution in [1.29, 1.82) is 0 Å². The van der Waals surface area contributed by atoms with Crippen molar-refractivity contribution in [1.82, 2.24) is 15.2 Å². The summed E-state index contributed by atoms with van der Waals surface area (Å²) in [5.74, 6) is 0.331. The minimum Gasteiger partial charge on any atom is -0.484 e. The molecule has 29 heavy (non-hydrogen) atoms. The van der Waals surface area contributed by atoms with Gasteiger partial charge in [0.2, 0.25) is 0 Å². The number of aromatic nitrogens is 2. The van der Waals surface area contributed by atoms with Crippen LogP contribution < -0.4 is 10.2 Å². The molecule has 150 valence electrons. The molecule has 0 saturated heterocycles. The summed E-state index contributed by atoms with van der Waals surface area (Å²) in [5.41, 5.74) is 5.73. The molecule has 0 fully saturated rings. The lowest BCUT2D eigenvalue weighted by atomic mass is 9.87. The number of carbonyl (C=O) groups is 1. The molecule has 0 aliphatic heterocycles. The van der Waals surface area contributed by atoms with Gasteiger partial charge in [-0.1, -0.05) is 63.2 Å². The number of hydrogen-bond donors (Lipinski definition) is 1. The van der Waals surface area contributed by atoms with Crippen molar-refractivity contribution < 1.29 is 9.53 Å². The van der Waals surface area contributed by atoms with Crippen LogP contribution in [0.5, 0.6) is 5.75 Å². The van der Waals surface area contributed by atoms with Gasteiger partial charge >= 0.3 is 0 Å². The monoisotopic (exact) mass is 390 g/mol. The zero-order chi connectivity index (χ0) is 20.7. The Kier molecular flexibility index (Phi) is 6.44. The molecular weight excluding hydrogens is 364 g/mol. The van der Waals surface area contributed by atoms with Gasteiger partial charge < -0.3 is 4.74 Å². The number of nitrogens with zero attached hydrogens (tertiary/aromatic N) is 3. The fourth-order valence-corrected chi connectivity index (χ4v) is 2.71. The second kappa shape index (κ2) is 9.19. The van der Waals surface area contributed by atoms with Gasteiger partial charge in [-0.05, 0) is 28.7 Å². The molecule has 6 nitrogen and oxygen atoms in total. The first kappa shape index (κ1) is 20.3. The smallest absolute Gasteiger partial charge is 0.277 e.